The number of rotatable bonds is 5. The number of aromatic hydroxyl groups is 1. The van der Waals surface area contributed by atoms with E-state index < -0.39 is 11.9 Å². The number of hydrogen-bond donors (Lipinski definition) is 3. The van der Waals surface area contributed by atoms with Crippen LogP contribution in [0.3, 0.4) is 0 Å². The summed E-state index contributed by atoms with van der Waals surface area (Å²) in [6.07, 6.45) is 0. The topological polar surface area (TPSA) is 112 Å². The summed E-state index contributed by atoms with van der Waals surface area (Å²) in [6.45, 7) is 1.81. The summed E-state index contributed by atoms with van der Waals surface area (Å²) in [4.78, 5) is 22.5. The lowest BCUT2D eigenvalue weighted by atomic mass is 10.1. The van der Waals surface area contributed by atoms with Crippen LogP contribution in [0.4, 0.5) is 5.13 Å². The van der Waals surface area contributed by atoms with Crippen LogP contribution in [0.5, 0.6) is 5.75 Å². The number of carboxylic acid groups (broad SMARTS) is 1. The van der Waals surface area contributed by atoms with Gasteiger partial charge in [-0.1, -0.05) is 34.7 Å². The van der Waals surface area contributed by atoms with Gasteiger partial charge < -0.3 is 10.2 Å². The minimum atomic E-state index is -0.953. The molecule has 0 unspecified atom stereocenters. The third-order valence-corrected chi connectivity index (χ3v) is 4.30. The predicted octanol–water partition coefficient (Wildman–Crippen LogP) is 1.98. The molecule has 9 heteroatoms. The second kappa shape index (κ2) is 6.55. The van der Waals surface area contributed by atoms with Gasteiger partial charge in [0.25, 0.3) is 5.91 Å². The quantitative estimate of drug-likeness (QED) is 0.569. The van der Waals surface area contributed by atoms with E-state index in [1.807, 2.05) is 6.92 Å². The molecule has 0 aliphatic carbocycles. The largest absolute Gasteiger partial charge is 0.507 e. The van der Waals surface area contributed by atoms with E-state index in [-0.39, 0.29) is 22.2 Å². The number of aliphatic carboxylic acids is 1. The Kier molecular flexibility index (Phi) is 4.76. The number of carbonyl (C=O) groups is 2. The molecule has 21 heavy (non-hydrogen) atoms. The Morgan fingerprint density at radius 3 is 2.86 bits per heavy atom. The smallest absolute Gasteiger partial charge is 0.313 e. The first-order valence-electron chi connectivity index (χ1n) is 5.75. The third-order valence-electron chi connectivity index (χ3n) is 2.34. The zero-order valence-electron chi connectivity index (χ0n) is 10.9. The van der Waals surface area contributed by atoms with Gasteiger partial charge in [-0.2, -0.15) is 0 Å². The number of phenols is 1. The van der Waals surface area contributed by atoms with Crippen molar-refractivity contribution in [2.24, 2.45) is 0 Å². The van der Waals surface area contributed by atoms with Crippen LogP contribution in [-0.4, -0.2) is 38.0 Å². The van der Waals surface area contributed by atoms with Crippen LogP contribution in [-0.2, 0) is 4.79 Å². The molecule has 1 heterocycles. The molecule has 1 aromatic carbocycles. The Labute approximate surface area is 128 Å². The summed E-state index contributed by atoms with van der Waals surface area (Å²) in [7, 11) is 0. The average molecular weight is 325 g/mol. The molecule has 0 spiro atoms. The molecule has 110 valence electrons. The number of thioether (sulfide) groups is 1. The van der Waals surface area contributed by atoms with E-state index in [1.165, 1.54) is 6.07 Å². The van der Waals surface area contributed by atoms with E-state index >= 15 is 0 Å². The molecular weight excluding hydrogens is 314 g/mol. The maximum absolute atomic E-state index is 12.0. The molecule has 3 N–H and O–H groups in total. The highest BCUT2D eigenvalue weighted by Crippen LogP contribution is 2.26. The fourth-order valence-electron chi connectivity index (χ4n) is 1.44. The zero-order valence-corrected chi connectivity index (χ0v) is 12.5. The van der Waals surface area contributed by atoms with Crippen molar-refractivity contribution in [2.75, 3.05) is 11.1 Å². The summed E-state index contributed by atoms with van der Waals surface area (Å²) in [5.41, 5.74) is 0.984. The van der Waals surface area contributed by atoms with Crippen LogP contribution in [0.1, 0.15) is 15.9 Å². The highest BCUT2D eigenvalue weighted by Gasteiger charge is 2.14. The van der Waals surface area contributed by atoms with Gasteiger partial charge >= 0.3 is 5.97 Å². The van der Waals surface area contributed by atoms with Crippen molar-refractivity contribution in [2.45, 2.75) is 11.3 Å². The Morgan fingerprint density at radius 1 is 1.38 bits per heavy atom. The van der Waals surface area contributed by atoms with Crippen LogP contribution >= 0.6 is 23.1 Å². The van der Waals surface area contributed by atoms with Crippen LogP contribution in [0.15, 0.2) is 22.5 Å². The van der Waals surface area contributed by atoms with Crippen LogP contribution in [0, 0.1) is 6.92 Å². The number of aryl methyl sites for hydroxylation is 1. The Morgan fingerprint density at radius 2 is 2.14 bits per heavy atom. The maximum Gasteiger partial charge on any atom is 0.313 e. The van der Waals surface area contributed by atoms with Crippen LogP contribution in [0.2, 0.25) is 0 Å². The van der Waals surface area contributed by atoms with Crippen molar-refractivity contribution in [1.82, 2.24) is 10.2 Å². The van der Waals surface area contributed by atoms with Crippen molar-refractivity contribution in [3.05, 3.63) is 29.3 Å². The third kappa shape index (κ3) is 4.17. The van der Waals surface area contributed by atoms with Gasteiger partial charge in [-0.25, -0.2) is 0 Å². The first-order chi connectivity index (χ1) is 9.95. The standard InChI is InChI=1S/C12H11N3O4S2/c1-6-2-3-8(16)7(4-6)10(19)13-11-14-15-12(21-11)20-5-9(17)18/h2-4,16H,5H2,1H3,(H,17,18)(H,13,14,19). The molecule has 0 atom stereocenters. The lowest BCUT2D eigenvalue weighted by molar-refractivity contribution is -0.133. The average Bonchev–Trinajstić information content (AvgIpc) is 2.86. The van der Waals surface area contributed by atoms with Crippen LogP contribution in [0.25, 0.3) is 0 Å². The number of amides is 1. The second-order valence-corrected chi connectivity index (χ2v) is 6.23. The van der Waals surface area contributed by atoms with E-state index in [2.05, 4.69) is 15.5 Å². The van der Waals surface area contributed by atoms with Crippen molar-refractivity contribution in [3.8, 4) is 5.75 Å². The number of aromatic nitrogens is 2. The van der Waals surface area contributed by atoms with Gasteiger partial charge in [0, 0.05) is 0 Å². The molecule has 0 radical (unpaired) electrons. The fourth-order valence-corrected chi connectivity index (χ4v) is 2.91. The summed E-state index contributed by atoms with van der Waals surface area (Å²) in [5.74, 6) is -1.70. The molecule has 0 bridgehead atoms. The molecule has 0 aliphatic rings. The van der Waals surface area contributed by atoms with Gasteiger partial charge in [-0.05, 0) is 19.1 Å². The van der Waals surface area contributed by atoms with Crippen molar-refractivity contribution in [3.63, 3.8) is 0 Å². The lowest BCUT2D eigenvalue weighted by Crippen LogP contribution is -2.12. The second-order valence-electron chi connectivity index (χ2n) is 4.03. The molecule has 0 aliphatic heterocycles. The van der Waals surface area contributed by atoms with Gasteiger partial charge in [-0.3, -0.25) is 14.9 Å². The lowest BCUT2D eigenvalue weighted by Gasteiger charge is -2.04. The van der Waals surface area contributed by atoms with Gasteiger partial charge in [0.2, 0.25) is 5.13 Å². The minimum Gasteiger partial charge on any atom is -0.507 e. The number of carboxylic acids is 1. The van der Waals surface area contributed by atoms with E-state index in [1.54, 1.807) is 12.1 Å². The predicted molar refractivity (Wildman–Crippen MR) is 79.1 cm³/mol. The monoisotopic (exact) mass is 325 g/mol. The summed E-state index contributed by atoms with van der Waals surface area (Å²) < 4.78 is 0.446. The summed E-state index contributed by atoms with van der Waals surface area (Å²) >= 11 is 2.09. The zero-order chi connectivity index (χ0) is 15.4. The van der Waals surface area contributed by atoms with E-state index in [4.69, 9.17) is 5.11 Å². The molecule has 0 saturated carbocycles. The highest BCUT2D eigenvalue weighted by molar-refractivity contribution is 8.01. The molecule has 2 aromatic rings. The summed E-state index contributed by atoms with van der Waals surface area (Å²) in [5, 5.41) is 28.5. The number of hydrogen-bond acceptors (Lipinski definition) is 7. The Bertz CT molecular complexity index is 687. The summed E-state index contributed by atoms with van der Waals surface area (Å²) in [6, 6.07) is 4.70. The number of nitrogens with one attached hydrogen (secondary N) is 1. The van der Waals surface area contributed by atoms with Gasteiger partial charge in [0.1, 0.15) is 5.75 Å². The Balaban J connectivity index is 2.06. The highest BCUT2D eigenvalue weighted by atomic mass is 32.2. The number of anilines is 1. The van der Waals surface area contributed by atoms with E-state index in [0.717, 1.165) is 28.7 Å². The molecular formula is C12H11N3O4S2. The normalized spacial score (nSPS) is 10.3. The van der Waals surface area contributed by atoms with Crippen molar-refractivity contribution < 1.29 is 19.8 Å². The molecule has 0 saturated heterocycles. The van der Waals surface area contributed by atoms with E-state index in [0.29, 0.717) is 4.34 Å². The number of benzene rings is 1. The van der Waals surface area contributed by atoms with Gasteiger partial charge in [0.05, 0.1) is 11.3 Å². The number of nitrogens with zero attached hydrogens (tertiary/aromatic N) is 2. The first kappa shape index (κ1) is 15.3. The molecule has 7 nitrogen and oxygen atoms in total. The molecule has 1 amide bonds. The van der Waals surface area contributed by atoms with Crippen molar-refractivity contribution >= 4 is 40.1 Å². The van der Waals surface area contributed by atoms with Gasteiger partial charge in [-0.15, -0.1) is 10.2 Å². The fraction of sp³-hybridized carbons (Fsp3) is 0.167. The maximum atomic E-state index is 12.0. The SMILES string of the molecule is Cc1ccc(O)c(C(=O)Nc2nnc(SCC(=O)O)s2)c1. The molecule has 0 fully saturated rings. The number of phenolic OH excluding ortho intramolecular Hbond substituents is 1. The first-order valence-corrected chi connectivity index (χ1v) is 7.55. The molecule has 1 aromatic heterocycles. The van der Waals surface area contributed by atoms with E-state index in [9.17, 15) is 14.7 Å². The minimum absolute atomic E-state index is 0.122. The van der Waals surface area contributed by atoms with Crippen LogP contribution < -0.4 is 5.32 Å². The Hall–Kier alpha value is -2.13. The van der Waals surface area contributed by atoms with Gasteiger partial charge in [0.15, 0.2) is 4.34 Å². The van der Waals surface area contributed by atoms with Crippen molar-refractivity contribution in [1.29, 1.82) is 0 Å². The number of carbonyl (C=O) groups excluding carboxylic acids is 1. The molecule has 2 rings (SSSR count).